The standard InChI is InChI=1S/2C12H14.H2/c2*1-9-6-7-12-10(2)4-3-5-11(12)8-9;/h2*4,6-8H,3,5H2,1-2H3;1H. The Labute approximate surface area is 148 Å². The predicted octanol–water partition coefficient (Wildman–Crippen LogP) is 6.94. The predicted molar refractivity (Wildman–Crippen MR) is 108 cm³/mol. The second kappa shape index (κ2) is 7.21. The van der Waals surface area contributed by atoms with Crippen LogP contribution in [0.4, 0.5) is 0 Å². The molecule has 2 aromatic rings. The molecular formula is C24H30. The molecule has 0 heteroatoms. The molecule has 0 nitrogen and oxygen atoms in total. The lowest BCUT2D eigenvalue weighted by Crippen LogP contribution is -1.97. The molecule has 0 heterocycles. The molecule has 0 bridgehead atoms. The summed E-state index contributed by atoms with van der Waals surface area (Å²) in [5, 5.41) is 0. The molecule has 0 radical (unpaired) electrons. The summed E-state index contributed by atoms with van der Waals surface area (Å²) in [6.45, 7) is 8.72. The van der Waals surface area contributed by atoms with Crippen LogP contribution in [-0.4, -0.2) is 0 Å². The number of fused-ring (bicyclic) bond motifs is 2. The number of allylic oxidation sites excluding steroid dienone is 4. The van der Waals surface area contributed by atoms with Crippen LogP contribution in [0.25, 0.3) is 11.1 Å². The lowest BCUT2D eigenvalue weighted by molar-refractivity contribution is 0.972. The van der Waals surface area contributed by atoms with Gasteiger partial charge in [-0.15, -0.1) is 0 Å². The molecule has 0 aliphatic heterocycles. The topological polar surface area (TPSA) is 0 Å². The van der Waals surface area contributed by atoms with E-state index in [1.165, 1.54) is 70.2 Å². The summed E-state index contributed by atoms with van der Waals surface area (Å²) in [5.74, 6) is 0. The Hall–Kier alpha value is -2.08. The zero-order chi connectivity index (χ0) is 17.1. The molecule has 0 fully saturated rings. The molecule has 0 spiro atoms. The third-order valence-electron chi connectivity index (χ3n) is 5.10. The van der Waals surface area contributed by atoms with E-state index in [9.17, 15) is 0 Å². The average Bonchev–Trinajstić information content (AvgIpc) is 2.55. The van der Waals surface area contributed by atoms with Crippen LogP contribution in [0.5, 0.6) is 0 Å². The SMILES string of the molecule is CC1=CCCc2cc(C)ccc21.CC1=CCCc2cc(C)ccc21.[HH]. The molecule has 2 aliphatic rings. The summed E-state index contributed by atoms with van der Waals surface area (Å²) in [6, 6.07) is 13.5. The first-order chi connectivity index (χ1) is 11.5. The minimum atomic E-state index is 0. The van der Waals surface area contributed by atoms with Crippen LogP contribution in [0.15, 0.2) is 48.6 Å². The zero-order valence-electron chi connectivity index (χ0n) is 15.4. The second-order valence-electron chi connectivity index (χ2n) is 7.17. The highest BCUT2D eigenvalue weighted by Gasteiger charge is 2.08. The Balaban J connectivity index is 0.000000173. The van der Waals surface area contributed by atoms with E-state index in [1.807, 2.05) is 0 Å². The zero-order valence-corrected chi connectivity index (χ0v) is 15.4. The van der Waals surface area contributed by atoms with E-state index in [-0.39, 0.29) is 1.43 Å². The third-order valence-corrected chi connectivity index (χ3v) is 5.10. The highest BCUT2D eigenvalue weighted by molar-refractivity contribution is 5.69. The van der Waals surface area contributed by atoms with E-state index in [2.05, 4.69) is 76.2 Å². The van der Waals surface area contributed by atoms with Crippen LogP contribution in [0, 0.1) is 13.8 Å². The molecule has 0 saturated heterocycles. The Bertz CT molecular complexity index is 739. The summed E-state index contributed by atoms with van der Waals surface area (Å²) in [4.78, 5) is 0. The average molecular weight is 319 g/mol. The Morgan fingerprint density at radius 2 is 1.04 bits per heavy atom. The van der Waals surface area contributed by atoms with E-state index in [0.717, 1.165) is 0 Å². The number of hydrogen-bond acceptors (Lipinski definition) is 0. The summed E-state index contributed by atoms with van der Waals surface area (Å²) in [5.41, 5.74) is 11.6. The smallest absolute Gasteiger partial charge is 0 e. The lowest BCUT2D eigenvalue weighted by Gasteiger charge is -2.15. The quantitative estimate of drug-likeness (QED) is 0.494. The summed E-state index contributed by atoms with van der Waals surface area (Å²) in [7, 11) is 0. The van der Waals surface area contributed by atoms with Crippen molar-refractivity contribution in [1.82, 2.24) is 0 Å². The molecule has 0 N–H and O–H groups in total. The molecule has 4 rings (SSSR count). The van der Waals surface area contributed by atoms with Crippen molar-refractivity contribution in [3.05, 3.63) is 81.9 Å². The van der Waals surface area contributed by atoms with Crippen LogP contribution in [0.2, 0.25) is 0 Å². The van der Waals surface area contributed by atoms with Gasteiger partial charge in [0.2, 0.25) is 0 Å². The fourth-order valence-corrected chi connectivity index (χ4v) is 3.74. The highest BCUT2D eigenvalue weighted by Crippen LogP contribution is 2.27. The van der Waals surface area contributed by atoms with E-state index in [0.29, 0.717) is 0 Å². The molecule has 0 aromatic heterocycles. The fraction of sp³-hybridized carbons (Fsp3) is 0.333. The Kier molecular flexibility index (Phi) is 5.04. The van der Waals surface area contributed by atoms with E-state index >= 15 is 0 Å². The van der Waals surface area contributed by atoms with Crippen molar-refractivity contribution in [2.24, 2.45) is 0 Å². The van der Waals surface area contributed by atoms with Crippen molar-refractivity contribution in [2.75, 3.05) is 0 Å². The monoisotopic (exact) mass is 318 g/mol. The van der Waals surface area contributed by atoms with Gasteiger partial charge in [0, 0.05) is 1.43 Å². The second-order valence-corrected chi connectivity index (χ2v) is 7.17. The van der Waals surface area contributed by atoms with Crippen LogP contribution < -0.4 is 0 Å². The first kappa shape index (κ1) is 16.8. The molecule has 2 aromatic carbocycles. The fourth-order valence-electron chi connectivity index (χ4n) is 3.74. The van der Waals surface area contributed by atoms with Gasteiger partial charge in [-0.2, -0.15) is 0 Å². The summed E-state index contributed by atoms with van der Waals surface area (Å²) < 4.78 is 0. The van der Waals surface area contributed by atoms with Crippen molar-refractivity contribution in [3.8, 4) is 0 Å². The summed E-state index contributed by atoms with van der Waals surface area (Å²) >= 11 is 0. The Morgan fingerprint density at radius 1 is 0.625 bits per heavy atom. The first-order valence-electron chi connectivity index (χ1n) is 9.08. The van der Waals surface area contributed by atoms with E-state index < -0.39 is 0 Å². The number of hydrogen-bond donors (Lipinski definition) is 0. The van der Waals surface area contributed by atoms with Crippen LogP contribution in [0.1, 0.15) is 61.5 Å². The van der Waals surface area contributed by atoms with Crippen molar-refractivity contribution in [1.29, 1.82) is 0 Å². The van der Waals surface area contributed by atoms with Gasteiger partial charge in [0.15, 0.2) is 0 Å². The third kappa shape index (κ3) is 3.70. The van der Waals surface area contributed by atoms with Crippen molar-refractivity contribution >= 4 is 11.1 Å². The molecule has 0 saturated carbocycles. The van der Waals surface area contributed by atoms with Crippen LogP contribution in [0.3, 0.4) is 0 Å². The minimum absolute atomic E-state index is 0. The molecule has 24 heavy (non-hydrogen) atoms. The Morgan fingerprint density at radius 3 is 1.46 bits per heavy atom. The minimum Gasteiger partial charge on any atom is -0.0807 e. The molecular weight excluding hydrogens is 288 g/mol. The van der Waals surface area contributed by atoms with Gasteiger partial charge in [-0.25, -0.2) is 0 Å². The normalized spacial score (nSPS) is 15.3. The van der Waals surface area contributed by atoms with Gasteiger partial charge < -0.3 is 0 Å². The molecule has 126 valence electrons. The number of rotatable bonds is 0. The molecule has 0 unspecified atom stereocenters. The van der Waals surface area contributed by atoms with Crippen molar-refractivity contribution in [3.63, 3.8) is 0 Å². The molecule has 0 amide bonds. The van der Waals surface area contributed by atoms with Gasteiger partial charge in [0.25, 0.3) is 0 Å². The highest BCUT2D eigenvalue weighted by atomic mass is 14.1. The maximum absolute atomic E-state index is 2.33. The number of aryl methyl sites for hydroxylation is 4. The maximum atomic E-state index is 2.33. The first-order valence-corrected chi connectivity index (χ1v) is 9.08. The van der Waals surface area contributed by atoms with Crippen molar-refractivity contribution in [2.45, 2.75) is 53.4 Å². The van der Waals surface area contributed by atoms with Crippen LogP contribution in [-0.2, 0) is 12.8 Å². The number of benzene rings is 2. The van der Waals surface area contributed by atoms with Gasteiger partial charge >= 0.3 is 0 Å². The largest absolute Gasteiger partial charge is 0.0807 e. The van der Waals surface area contributed by atoms with Gasteiger partial charge in [-0.1, -0.05) is 59.7 Å². The van der Waals surface area contributed by atoms with Crippen LogP contribution >= 0.6 is 0 Å². The van der Waals surface area contributed by atoms with E-state index in [1.54, 1.807) is 0 Å². The van der Waals surface area contributed by atoms with Gasteiger partial charge in [0.1, 0.15) is 0 Å². The lowest BCUT2D eigenvalue weighted by atomic mass is 9.91. The van der Waals surface area contributed by atoms with Gasteiger partial charge in [-0.05, 0) is 86.8 Å². The van der Waals surface area contributed by atoms with Crippen molar-refractivity contribution < 1.29 is 1.43 Å². The summed E-state index contributed by atoms with van der Waals surface area (Å²) in [6.07, 6.45) is 9.52. The van der Waals surface area contributed by atoms with E-state index in [4.69, 9.17) is 0 Å². The molecule has 2 aliphatic carbocycles. The van der Waals surface area contributed by atoms with Gasteiger partial charge in [-0.3, -0.25) is 0 Å². The maximum Gasteiger partial charge on any atom is 0 e. The molecule has 0 atom stereocenters. The van der Waals surface area contributed by atoms with Gasteiger partial charge in [0.05, 0.1) is 0 Å².